The van der Waals surface area contributed by atoms with Gasteiger partial charge in [-0.25, -0.2) is 13.4 Å². The van der Waals surface area contributed by atoms with Crippen molar-refractivity contribution in [3.63, 3.8) is 0 Å². The highest BCUT2D eigenvalue weighted by atomic mass is 32.2. The molecule has 202 valence electrons. The fraction of sp³-hybridized carbons (Fsp3) is 0.464. The molecule has 1 fully saturated rings. The molecule has 0 unspecified atom stereocenters. The molecule has 4 rings (SSSR count). The maximum atomic E-state index is 11.9. The summed E-state index contributed by atoms with van der Waals surface area (Å²) in [5, 5.41) is 11.9. The molecule has 1 aliphatic rings. The summed E-state index contributed by atoms with van der Waals surface area (Å²) < 4.78 is 31.5. The van der Waals surface area contributed by atoms with Gasteiger partial charge in [-0.05, 0) is 30.2 Å². The minimum Gasteiger partial charge on any atom is -0.480 e. The number of thioether (sulfide) groups is 1. The number of hydrogen-bond donors (Lipinski definition) is 1. The van der Waals surface area contributed by atoms with Gasteiger partial charge in [0.25, 0.3) is 0 Å². The van der Waals surface area contributed by atoms with E-state index in [2.05, 4.69) is 51.3 Å². The summed E-state index contributed by atoms with van der Waals surface area (Å²) in [6.45, 7) is 6.25. The average Bonchev–Trinajstić information content (AvgIpc) is 2.88. The molecule has 2 aromatic heterocycles. The van der Waals surface area contributed by atoms with Crippen LogP contribution in [-0.2, 0) is 10.0 Å². The average molecular weight is 554 g/mol. The molecular formula is C28H35N5O3S2. The lowest BCUT2D eigenvalue weighted by Crippen LogP contribution is -2.42. The number of sulfonamides is 1. The molecule has 3 aromatic rings. The minimum atomic E-state index is -3.52. The first kappa shape index (κ1) is 28.0. The summed E-state index contributed by atoms with van der Waals surface area (Å²) in [7, 11) is -2.07. The van der Waals surface area contributed by atoms with Crippen molar-refractivity contribution in [1.29, 1.82) is 5.26 Å². The topological polar surface area (TPSA) is 108 Å². The number of ether oxygens (including phenoxy) is 1. The molecule has 8 nitrogen and oxygen atoms in total. The highest BCUT2D eigenvalue weighted by Crippen LogP contribution is 2.38. The van der Waals surface area contributed by atoms with Gasteiger partial charge in [0.05, 0.1) is 30.1 Å². The van der Waals surface area contributed by atoms with Crippen LogP contribution in [0.5, 0.6) is 5.88 Å². The number of pyridine rings is 2. The molecule has 1 saturated heterocycles. The molecule has 1 aliphatic heterocycles. The Morgan fingerprint density at radius 1 is 1.16 bits per heavy atom. The van der Waals surface area contributed by atoms with Crippen LogP contribution in [0.2, 0.25) is 0 Å². The predicted octanol–water partition coefficient (Wildman–Crippen LogP) is 5.83. The van der Waals surface area contributed by atoms with Gasteiger partial charge in [0, 0.05) is 46.9 Å². The van der Waals surface area contributed by atoms with E-state index in [1.54, 1.807) is 18.5 Å². The fourth-order valence-electron chi connectivity index (χ4n) is 5.01. The number of rotatable bonds is 10. The highest BCUT2D eigenvalue weighted by Gasteiger charge is 2.28. The maximum absolute atomic E-state index is 11.9. The van der Waals surface area contributed by atoms with Gasteiger partial charge in [0.2, 0.25) is 15.9 Å². The third-order valence-corrected chi connectivity index (χ3v) is 8.63. The largest absolute Gasteiger partial charge is 0.480 e. The lowest BCUT2D eigenvalue weighted by molar-refractivity contribution is 0.400. The van der Waals surface area contributed by atoms with Crippen LogP contribution in [-0.4, -0.2) is 55.3 Å². The molecule has 10 heteroatoms. The Labute approximate surface area is 229 Å². The monoisotopic (exact) mass is 553 g/mol. The van der Waals surface area contributed by atoms with Crippen molar-refractivity contribution in [1.82, 2.24) is 9.97 Å². The van der Waals surface area contributed by atoms with Crippen LogP contribution >= 0.6 is 11.8 Å². The van der Waals surface area contributed by atoms with Crippen molar-refractivity contribution < 1.29 is 13.2 Å². The SMILES string of the molecule is CCCCCC[C@H]1CN(c2c(C#N)cnc3ccc(-c4cnc(OC)c(NS(C)(=O)=O)c4)cc23)C[C@@H](C)S1. The van der Waals surface area contributed by atoms with Crippen LogP contribution in [0, 0.1) is 11.3 Å². The van der Waals surface area contributed by atoms with E-state index in [1.165, 1.54) is 39.2 Å². The molecule has 1 aromatic carbocycles. The molecule has 3 heterocycles. The van der Waals surface area contributed by atoms with Crippen LogP contribution in [0.15, 0.2) is 36.7 Å². The van der Waals surface area contributed by atoms with Gasteiger partial charge in [-0.15, -0.1) is 0 Å². The van der Waals surface area contributed by atoms with Gasteiger partial charge < -0.3 is 9.64 Å². The Balaban J connectivity index is 1.74. The molecule has 0 saturated carbocycles. The maximum Gasteiger partial charge on any atom is 0.238 e. The van der Waals surface area contributed by atoms with Gasteiger partial charge in [0.15, 0.2) is 0 Å². The Morgan fingerprint density at radius 3 is 2.68 bits per heavy atom. The summed E-state index contributed by atoms with van der Waals surface area (Å²) in [4.78, 5) is 11.2. The molecule has 0 bridgehead atoms. The van der Waals surface area contributed by atoms with Crippen molar-refractivity contribution in [2.75, 3.05) is 36.1 Å². The van der Waals surface area contributed by atoms with E-state index < -0.39 is 10.0 Å². The van der Waals surface area contributed by atoms with Gasteiger partial charge in [-0.2, -0.15) is 17.0 Å². The highest BCUT2D eigenvalue weighted by molar-refractivity contribution is 8.00. The number of unbranched alkanes of at least 4 members (excludes halogenated alkanes) is 3. The molecule has 0 radical (unpaired) electrons. The third kappa shape index (κ3) is 6.69. The molecule has 1 N–H and O–H groups in total. The van der Waals surface area contributed by atoms with Crippen LogP contribution in [0.25, 0.3) is 22.0 Å². The van der Waals surface area contributed by atoms with Gasteiger partial charge >= 0.3 is 0 Å². The van der Waals surface area contributed by atoms with Crippen LogP contribution in [0.3, 0.4) is 0 Å². The molecule has 0 amide bonds. The summed E-state index contributed by atoms with van der Waals surface area (Å²) >= 11 is 2.05. The Morgan fingerprint density at radius 2 is 1.97 bits per heavy atom. The number of fused-ring (bicyclic) bond motifs is 1. The molecule has 0 aliphatic carbocycles. The number of nitrogens with one attached hydrogen (secondary N) is 1. The number of nitriles is 1. The van der Waals surface area contributed by atoms with E-state index in [9.17, 15) is 13.7 Å². The number of hydrogen-bond acceptors (Lipinski definition) is 8. The van der Waals surface area contributed by atoms with E-state index in [4.69, 9.17) is 4.74 Å². The second-order valence-electron chi connectivity index (χ2n) is 9.84. The Kier molecular flexibility index (Phi) is 9.00. The molecular weight excluding hydrogens is 518 g/mol. The summed E-state index contributed by atoms with van der Waals surface area (Å²) in [5.74, 6) is 0.193. The smallest absolute Gasteiger partial charge is 0.238 e. The molecule has 2 atom stereocenters. The van der Waals surface area contributed by atoms with E-state index in [-0.39, 0.29) is 11.6 Å². The Bertz CT molecular complexity index is 1440. The quantitative estimate of drug-likeness (QED) is 0.313. The summed E-state index contributed by atoms with van der Waals surface area (Å²) in [5.41, 5.74) is 4.13. The number of aromatic nitrogens is 2. The number of anilines is 2. The first-order chi connectivity index (χ1) is 18.2. The predicted molar refractivity (Wildman–Crippen MR) is 157 cm³/mol. The van der Waals surface area contributed by atoms with Gasteiger partial charge in [0.1, 0.15) is 11.8 Å². The first-order valence-corrected chi connectivity index (χ1v) is 15.8. The van der Waals surface area contributed by atoms with Crippen molar-refractivity contribution in [2.45, 2.75) is 56.5 Å². The van der Waals surface area contributed by atoms with E-state index in [1.807, 2.05) is 18.2 Å². The summed E-state index contributed by atoms with van der Waals surface area (Å²) in [6, 6.07) is 9.97. The molecule has 38 heavy (non-hydrogen) atoms. The number of nitrogens with zero attached hydrogens (tertiary/aromatic N) is 4. The zero-order valence-electron chi connectivity index (χ0n) is 22.4. The normalized spacial score (nSPS) is 17.8. The standard InChI is InChI=1S/C28H35N5O3S2/c1-5-6-7-8-9-23-18-33(17-19(2)37-23)27-22(14-29)16-30-25-11-10-20(12-24(25)27)21-13-26(32-38(4,34)35)28(36-3)31-15-21/h10-13,15-16,19,23,32H,5-9,17-18H2,1-4H3/t19-,23+/m1/s1. The number of methoxy groups -OCH3 is 1. The van der Waals surface area contributed by atoms with Crippen molar-refractivity contribution >= 4 is 44.1 Å². The minimum absolute atomic E-state index is 0.193. The van der Waals surface area contributed by atoms with Crippen LogP contribution in [0.1, 0.15) is 51.5 Å². The van der Waals surface area contributed by atoms with E-state index >= 15 is 0 Å². The van der Waals surface area contributed by atoms with E-state index in [0.29, 0.717) is 16.1 Å². The van der Waals surface area contributed by atoms with Crippen molar-refractivity contribution in [3.8, 4) is 23.1 Å². The third-order valence-electron chi connectivity index (χ3n) is 6.66. The second kappa shape index (κ2) is 12.2. The Hall–Kier alpha value is -3.03. The van der Waals surface area contributed by atoms with Crippen LogP contribution < -0.4 is 14.4 Å². The van der Waals surface area contributed by atoms with Crippen LogP contribution in [0.4, 0.5) is 11.4 Å². The summed E-state index contributed by atoms with van der Waals surface area (Å²) in [6.07, 6.45) is 10.6. The number of benzene rings is 1. The van der Waals surface area contributed by atoms with E-state index in [0.717, 1.165) is 47.1 Å². The van der Waals surface area contributed by atoms with Gasteiger partial charge in [-0.1, -0.05) is 45.6 Å². The zero-order chi connectivity index (χ0) is 27.3. The lowest BCUT2D eigenvalue weighted by Gasteiger charge is -2.38. The van der Waals surface area contributed by atoms with Gasteiger partial charge in [-0.3, -0.25) is 9.71 Å². The van der Waals surface area contributed by atoms with Crippen molar-refractivity contribution in [3.05, 3.63) is 42.2 Å². The molecule has 0 spiro atoms. The second-order valence-corrected chi connectivity index (χ2v) is 13.3. The zero-order valence-corrected chi connectivity index (χ0v) is 24.0. The fourth-order valence-corrected chi connectivity index (χ4v) is 7.05. The van der Waals surface area contributed by atoms with Crippen molar-refractivity contribution in [2.24, 2.45) is 0 Å². The first-order valence-electron chi connectivity index (χ1n) is 13.0. The lowest BCUT2D eigenvalue weighted by atomic mass is 10.0.